The highest BCUT2D eigenvalue weighted by atomic mass is 15.3. The summed E-state index contributed by atoms with van der Waals surface area (Å²) < 4.78 is 0. The molecule has 1 aromatic heterocycles. The zero-order valence-corrected chi connectivity index (χ0v) is 46.2. The van der Waals surface area contributed by atoms with Gasteiger partial charge in [-0.3, -0.25) is 4.98 Å². The summed E-state index contributed by atoms with van der Waals surface area (Å²) in [6, 6.07) is 88.5. The number of aryl methyl sites for hydroxylation is 2. The first-order valence-electron chi connectivity index (χ1n) is 29.2. The molecule has 4 nitrogen and oxygen atoms in total. The molecule has 11 aromatic rings. The highest BCUT2D eigenvalue weighted by Gasteiger charge is 2.60. The minimum absolute atomic E-state index is 0.103. The summed E-state index contributed by atoms with van der Waals surface area (Å²) in [6.45, 7) is 9.49. The number of hydrogen-bond acceptors (Lipinski definition) is 4. The number of fused-ring (bicyclic) bond motifs is 9. The van der Waals surface area contributed by atoms with Crippen LogP contribution in [0.4, 0.5) is 45.5 Å². The number of pyridine rings is 1. The molecule has 6 aliphatic rings. The highest BCUT2D eigenvalue weighted by molar-refractivity contribution is 7.01. The van der Waals surface area contributed by atoms with Gasteiger partial charge in [0.15, 0.2) is 0 Å². The Hall–Kier alpha value is -9.19. The first kappa shape index (κ1) is 46.7. The number of anilines is 8. The molecular weight excluding hydrogens is 980 g/mol. The van der Waals surface area contributed by atoms with Crippen LogP contribution in [0.3, 0.4) is 0 Å². The van der Waals surface area contributed by atoms with Gasteiger partial charge in [0.25, 0.3) is 6.71 Å². The summed E-state index contributed by atoms with van der Waals surface area (Å²) in [5.41, 5.74) is 31.5. The molecule has 1 saturated carbocycles. The van der Waals surface area contributed by atoms with Crippen LogP contribution in [-0.4, -0.2) is 17.2 Å². The predicted molar refractivity (Wildman–Crippen MR) is 338 cm³/mol. The van der Waals surface area contributed by atoms with Gasteiger partial charge >= 0.3 is 0 Å². The van der Waals surface area contributed by atoms with Gasteiger partial charge in [-0.25, -0.2) is 0 Å². The molecule has 0 bridgehead atoms. The maximum absolute atomic E-state index is 5.15. The molecule has 81 heavy (non-hydrogen) atoms. The van der Waals surface area contributed by atoms with Crippen LogP contribution in [0.5, 0.6) is 0 Å². The molecular formula is C76H59BN4. The summed E-state index contributed by atoms with van der Waals surface area (Å²) in [6.07, 6.45) is 6.58. The van der Waals surface area contributed by atoms with Crippen LogP contribution >= 0.6 is 0 Å². The van der Waals surface area contributed by atoms with Crippen molar-refractivity contribution >= 4 is 68.6 Å². The SMILES string of the molecule is Cc1ccnc(-c2ccccc2N2c3cc(N4c5ccc(-c6ccccc6)cc5C5(C)CCCCC45C)cc4c3B3c5c2cccc5C(c2ccccc2)(c2ccccc2)c2ccc5c(c23)N4c2ccccc2-c2cc(C)ccc2-5)c1. The lowest BCUT2D eigenvalue weighted by Gasteiger charge is -2.53. The molecule has 1 aliphatic carbocycles. The van der Waals surface area contributed by atoms with Gasteiger partial charge in [0.1, 0.15) is 0 Å². The Labute approximate surface area is 475 Å². The topological polar surface area (TPSA) is 22.6 Å². The van der Waals surface area contributed by atoms with E-state index < -0.39 is 5.41 Å². The quantitative estimate of drug-likeness (QED) is 0.155. The van der Waals surface area contributed by atoms with Gasteiger partial charge in [-0.2, -0.15) is 0 Å². The van der Waals surface area contributed by atoms with E-state index in [1.165, 1.54) is 141 Å². The molecule has 386 valence electrons. The number of nitrogens with zero attached hydrogens (tertiary/aromatic N) is 4. The number of aromatic nitrogens is 1. The molecule has 2 atom stereocenters. The summed E-state index contributed by atoms with van der Waals surface area (Å²) in [5, 5.41) is 0. The lowest BCUT2D eigenvalue weighted by atomic mass is 9.27. The van der Waals surface area contributed by atoms with Crippen LogP contribution in [0.1, 0.15) is 78.5 Å². The monoisotopic (exact) mass is 1040 g/mol. The van der Waals surface area contributed by atoms with E-state index >= 15 is 0 Å². The number of benzene rings is 10. The van der Waals surface area contributed by atoms with Crippen molar-refractivity contribution in [2.24, 2.45) is 0 Å². The van der Waals surface area contributed by atoms with E-state index in [1.807, 2.05) is 6.20 Å². The molecule has 17 rings (SSSR count). The summed E-state index contributed by atoms with van der Waals surface area (Å²) >= 11 is 0. The largest absolute Gasteiger partial charge is 0.334 e. The van der Waals surface area contributed by atoms with E-state index in [9.17, 15) is 0 Å². The van der Waals surface area contributed by atoms with Crippen LogP contribution in [0, 0.1) is 13.8 Å². The van der Waals surface area contributed by atoms with Gasteiger partial charge in [0.05, 0.1) is 28.0 Å². The van der Waals surface area contributed by atoms with Crippen molar-refractivity contribution in [3.8, 4) is 44.6 Å². The first-order chi connectivity index (χ1) is 39.8. The average Bonchev–Trinajstić information content (AvgIpc) is 2.13. The van der Waals surface area contributed by atoms with E-state index in [2.05, 4.69) is 273 Å². The fourth-order valence-electron chi connectivity index (χ4n) is 16.5. The van der Waals surface area contributed by atoms with Gasteiger partial charge in [0, 0.05) is 62.4 Å². The number of rotatable bonds is 6. The van der Waals surface area contributed by atoms with E-state index in [0.29, 0.717) is 0 Å². The van der Waals surface area contributed by atoms with Crippen molar-refractivity contribution in [1.82, 2.24) is 4.98 Å². The maximum atomic E-state index is 5.15. The average molecular weight is 1040 g/mol. The molecule has 5 aliphatic heterocycles. The Morgan fingerprint density at radius 2 is 1.04 bits per heavy atom. The standard InChI is InChI=1S/C76H59BN4/c1-48-33-35-55-57-36-37-61-71-73(57)80(64-30-16-14-27-56(64)59(55)43-48)69-47-54(81-66-38-34-51(50-21-8-5-9-22-50)45-62(66)74(3)40-18-19-41-75(74,81)4)46-68-72(69)77(71)70-60(76(61,52-23-10-6-11-24-52)53-25-12-7-13-26-53)29-20-32-67(70)79(68)65-31-17-15-28-58(65)63-44-49(2)39-42-78-63/h5-17,20-39,42-47H,18-19,40-41H2,1-4H3. The third kappa shape index (κ3) is 6.13. The molecule has 10 aromatic carbocycles. The zero-order valence-electron chi connectivity index (χ0n) is 46.2. The summed E-state index contributed by atoms with van der Waals surface area (Å²) in [7, 11) is 0. The normalized spacial score (nSPS) is 18.8. The molecule has 6 heterocycles. The second kappa shape index (κ2) is 16.9. The number of para-hydroxylation sites is 2. The van der Waals surface area contributed by atoms with Crippen LogP contribution in [0.2, 0.25) is 0 Å². The van der Waals surface area contributed by atoms with Gasteiger partial charge in [-0.15, -0.1) is 0 Å². The predicted octanol–water partition coefficient (Wildman–Crippen LogP) is 17.2. The zero-order chi connectivity index (χ0) is 53.9. The van der Waals surface area contributed by atoms with Crippen molar-refractivity contribution in [2.45, 2.75) is 69.7 Å². The third-order valence-corrected chi connectivity index (χ3v) is 20.2. The van der Waals surface area contributed by atoms with Crippen molar-refractivity contribution in [3.63, 3.8) is 0 Å². The Morgan fingerprint density at radius 3 is 1.79 bits per heavy atom. The summed E-state index contributed by atoms with van der Waals surface area (Å²) in [5.74, 6) is 0. The molecule has 0 radical (unpaired) electrons. The van der Waals surface area contributed by atoms with Crippen molar-refractivity contribution in [2.75, 3.05) is 14.7 Å². The van der Waals surface area contributed by atoms with Crippen molar-refractivity contribution in [1.29, 1.82) is 0 Å². The van der Waals surface area contributed by atoms with Crippen molar-refractivity contribution < 1.29 is 0 Å². The summed E-state index contributed by atoms with van der Waals surface area (Å²) in [4.78, 5) is 13.4. The van der Waals surface area contributed by atoms with Crippen LogP contribution in [-0.2, 0) is 10.8 Å². The van der Waals surface area contributed by atoms with Gasteiger partial charge in [0.2, 0.25) is 0 Å². The lowest BCUT2D eigenvalue weighted by Crippen LogP contribution is -2.68. The van der Waals surface area contributed by atoms with Gasteiger partial charge in [-0.1, -0.05) is 201 Å². The molecule has 1 fully saturated rings. The third-order valence-electron chi connectivity index (χ3n) is 20.2. The fourth-order valence-corrected chi connectivity index (χ4v) is 16.5. The minimum Gasteiger partial charge on any atom is -0.334 e. The van der Waals surface area contributed by atoms with E-state index in [1.54, 1.807) is 0 Å². The van der Waals surface area contributed by atoms with E-state index in [-0.39, 0.29) is 17.7 Å². The van der Waals surface area contributed by atoms with Crippen LogP contribution < -0.4 is 31.1 Å². The van der Waals surface area contributed by atoms with Crippen molar-refractivity contribution in [3.05, 3.63) is 276 Å². The molecule has 0 saturated heterocycles. The molecule has 5 heteroatoms. The highest BCUT2D eigenvalue weighted by Crippen LogP contribution is 2.64. The second-order valence-electron chi connectivity index (χ2n) is 24.2. The molecule has 0 N–H and O–H groups in total. The smallest absolute Gasteiger partial charge is 0.253 e. The van der Waals surface area contributed by atoms with E-state index in [0.717, 1.165) is 29.8 Å². The lowest BCUT2D eigenvalue weighted by molar-refractivity contribution is 0.195. The van der Waals surface area contributed by atoms with Gasteiger partial charge < -0.3 is 14.7 Å². The maximum Gasteiger partial charge on any atom is 0.253 e. The Kier molecular flexibility index (Phi) is 9.76. The second-order valence-corrected chi connectivity index (χ2v) is 24.2. The number of hydrogen-bond donors (Lipinski definition) is 0. The Balaban J connectivity index is 1.05. The minimum atomic E-state index is -0.682. The van der Waals surface area contributed by atoms with Gasteiger partial charge in [-0.05, 0) is 160 Å². The molecule has 2 unspecified atom stereocenters. The fraction of sp³-hybridized carbons (Fsp3) is 0.145. The van der Waals surface area contributed by atoms with Crippen LogP contribution in [0.15, 0.2) is 237 Å². The van der Waals surface area contributed by atoms with E-state index in [4.69, 9.17) is 4.98 Å². The first-order valence-corrected chi connectivity index (χ1v) is 29.2. The Bertz CT molecular complexity index is 4420. The molecule has 0 amide bonds. The van der Waals surface area contributed by atoms with Crippen LogP contribution in [0.25, 0.3) is 44.6 Å². The Morgan fingerprint density at radius 1 is 0.407 bits per heavy atom. The molecule has 0 spiro atoms.